The van der Waals surface area contributed by atoms with Crippen molar-refractivity contribution < 1.29 is 4.79 Å². The minimum Gasteiger partial charge on any atom is -0.351 e. The Morgan fingerprint density at radius 3 is 3.00 bits per heavy atom. The Morgan fingerprint density at radius 1 is 1.59 bits per heavy atom. The standard InChI is InChI=1S/C15H14N4OS2/c1-3-7-17-15-19-10(4-2)13(22-15)14(20)18-11(9-16)12-6-5-8-21-12/h1,5-6,8,11H,4,7H2,2H3,(H,17,19)(H,18,20). The molecule has 0 spiro atoms. The molecule has 0 aliphatic rings. The van der Waals surface area contributed by atoms with Crippen molar-refractivity contribution in [2.75, 3.05) is 11.9 Å². The molecular formula is C15H14N4OS2. The van der Waals surface area contributed by atoms with Crippen molar-refractivity contribution >= 4 is 33.7 Å². The van der Waals surface area contributed by atoms with Crippen LogP contribution in [0.1, 0.15) is 33.2 Å². The summed E-state index contributed by atoms with van der Waals surface area (Å²) in [6.07, 6.45) is 5.83. The minimum absolute atomic E-state index is 0.289. The number of nitriles is 1. The van der Waals surface area contributed by atoms with E-state index in [0.29, 0.717) is 28.7 Å². The molecule has 7 heteroatoms. The third kappa shape index (κ3) is 3.64. The molecule has 2 heterocycles. The molecule has 1 atom stereocenters. The summed E-state index contributed by atoms with van der Waals surface area (Å²) in [5.74, 6) is 2.18. The van der Waals surface area contributed by atoms with Crippen molar-refractivity contribution in [3.8, 4) is 18.4 Å². The Balaban J connectivity index is 2.16. The number of carbonyl (C=O) groups is 1. The zero-order chi connectivity index (χ0) is 15.9. The lowest BCUT2D eigenvalue weighted by Crippen LogP contribution is -2.27. The smallest absolute Gasteiger partial charge is 0.264 e. The van der Waals surface area contributed by atoms with Gasteiger partial charge < -0.3 is 10.6 Å². The number of nitrogens with zero attached hydrogens (tertiary/aromatic N) is 2. The molecule has 0 fully saturated rings. The van der Waals surface area contributed by atoms with E-state index in [4.69, 9.17) is 6.42 Å². The van der Waals surface area contributed by atoms with Crippen LogP contribution in [0.15, 0.2) is 17.5 Å². The predicted octanol–water partition coefficient (Wildman–Crippen LogP) is 2.81. The van der Waals surface area contributed by atoms with Gasteiger partial charge in [-0.15, -0.1) is 17.8 Å². The van der Waals surface area contributed by atoms with Crippen molar-refractivity contribution in [2.24, 2.45) is 0 Å². The number of hydrogen-bond donors (Lipinski definition) is 2. The van der Waals surface area contributed by atoms with Gasteiger partial charge in [0.25, 0.3) is 5.91 Å². The summed E-state index contributed by atoms with van der Waals surface area (Å²) in [5, 5.41) is 17.4. The molecule has 0 saturated heterocycles. The van der Waals surface area contributed by atoms with Gasteiger partial charge in [-0.2, -0.15) is 5.26 Å². The van der Waals surface area contributed by atoms with Crippen LogP contribution in [0.3, 0.4) is 0 Å². The highest BCUT2D eigenvalue weighted by atomic mass is 32.1. The average Bonchev–Trinajstić information content (AvgIpc) is 3.19. The van der Waals surface area contributed by atoms with Crippen LogP contribution in [0, 0.1) is 23.7 Å². The number of hydrogen-bond acceptors (Lipinski definition) is 6. The second kappa shape index (κ2) is 7.60. The third-order valence-corrected chi connectivity index (χ3v) is 4.80. The topological polar surface area (TPSA) is 77.8 Å². The highest BCUT2D eigenvalue weighted by molar-refractivity contribution is 7.17. The second-order valence-corrected chi connectivity index (χ2v) is 6.24. The van der Waals surface area contributed by atoms with E-state index in [1.54, 1.807) is 0 Å². The molecule has 2 aromatic rings. The molecular weight excluding hydrogens is 316 g/mol. The molecule has 1 amide bonds. The first-order chi connectivity index (χ1) is 10.7. The molecule has 2 aromatic heterocycles. The van der Waals surface area contributed by atoms with E-state index in [-0.39, 0.29) is 5.91 Å². The summed E-state index contributed by atoms with van der Waals surface area (Å²) >= 11 is 2.68. The monoisotopic (exact) mass is 330 g/mol. The maximum Gasteiger partial charge on any atom is 0.264 e. The van der Waals surface area contributed by atoms with Gasteiger partial charge in [0.1, 0.15) is 4.88 Å². The molecule has 2 rings (SSSR count). The van der Waals surface area contributed by atoms with Crippen molar-refractivity contribution in [1.82, 2.24) is 10.3 Å². The molecule has 22 heavy (non-hydrogen) atoms. The normalized spacial score (nSPS) is 11.2. The fourth-order valence-corrected chi connectivity index (χ4v) is 3.46. The summed E-state index contributed by atoms with van der Waals surface area (Å²) in [7, 11) is 0. The molecule has 5 nitrogen and oxygen atoms in total. The summed E-state index contributed by atoms with van der Waals surface area (Å²) in [6, 6.07) is 5.13. The Morgan fingerprint density at radius 2 is 2.41 bits per heavy atom. The lowest BCUT2D eigenvalue weighted by atomic mass is 10.2. The Labute approximate surface area is 137 Å². The van der Waals surface area contributed by atoms with E-state index < -0.39 is 6.04 Å². The van der Waals surface area contributed by atoms with E-state index in [1.165, 1.54) is 22.7 Å². The highest BCUT2D eigenvalue weighted by Crippen LogP contribution is 2.25. The van der Waals surface area contributed by atoms with Crippen LogP contribution in [0.4, 0.5) is 5.13 Å². The van der Waals surface area contributed by atoms with Gasteiger partial charge in [-0.1, -0.05) is 30.2 Å². The number of aromatic nitrogens is 1. The maximum absolute atomic E-state index is 12.4. The number of carbonyl (C=O) groups excluding carboxylic acids is 1. The van der Waals surface area contributed by atoms with Crippen LogP contribution >= 0.6 is 22.7 Å². The van der Waals surface area contributed by atoms with Gasteiger partial charge >= 0.3 is 0 Å². The van der Waals surface area contributed by atoms with E-state index >= 15 is 0 Å². The van der Waals surface area contributed by atoms with Gasteiger partial charge in [0.2, 0.25) is 0 Å². The molecule has 0 saturated carbocycles. The van der Waals surface area contributed by atoms with Gasteiger partial charge in [-0.25, -0.2) is 4.98 Å². The van der Waals surface area contributed by atoms with Gasteiger partial charge in [0, 0.05) is 4.88 Å². The fourth-order valence-electron chi connectivity index (χ4n) is 1.79. The van der Waals surface area contributed by atoms with E-state index in [0.717, 1.165) is 4.88 Å². The SMILES string of the molecule is C#CCNc1nc(CC)c(C(=O)NC(C#N)c2cccs2)s1. The maximum atomic E-state index is 12.4. The minimum atomic E-state index is -0.651. The first-order valence-electron chi connectivity index (χ1n) is 6.60. The van der Waals surface area contributed by atoms with Crippen LogP contribution in [0.25, 0.3) is 0 Å². The molecule has 0 aliphatic heterocycles. The van der Waals surface area contributed by atoms with Gasteiger partial charge in [-0.05, 0) is 17.9 Å². The summed E-state index contributed by atoms with van der Waals surface area (Å²) in [4.78, 5) is 18.1. The number of aryl methyl sites for hydroxylation is 1. The van der Waals surface area contributed by atoms with Crippen LogP contribution in [-0.4, -0.2) is 17.4 Å². The van der Waals surface area contributed by atoms with E-state index in [2.05, 4.69) is 27.6 Å². The Kier molecular flexibility index (Phi) is 5.54. The molecule has 0 bridgehead atoms. The van der Waals surface area contributed by atoms with Crippen LogP contribution in [0.5, 0.6) is 0 Å². The average molecular weight is 330 g/mol. The van der Waals surface area contributed by atoms with Gasteiger partial charge in [0.05, 0.1) is 18.3 Å². The van der Waals surface area contributed by atoms with Crippen molar-refractivity contribution in [2.45, 2.75) is 19.4 Å². The first kappa shape index (κ1) is 16.0. The predicted molar refractivity (Wildman–Crippen MR) is 89.0 cm³/mol. The molecule has 0 aromatic carbocycles. The first-order valence-corrected chi connectivity index (χ1v) is 8.30. The van der Waals surface area contributed by atoms with Crippen molar-refractivity contribution in [1.29, 1.82) is 5.26 Å². The number of anilines is 1. The largest absolute Gasteiger partial charge is 0.351 e. The highest BCUT2D eigenvalue weighted by Gasteiger charge is 2.21. The quantitative estimate of drug-likeness (QED) is 0.798. The molecule has 112 valence electrons. The lowest BCUT2D eigenvalue weighted by molar-refractivity contribution is 0.0948. The Hall–Kier alpha value is -2.35. The number of nitrogens with one attached hydrogen (secondary N) is 2. The van der Waals surface area contributed by atoms with E-state index in [9.17, 15) is 10.1 Å². The summed E-state index contributed by atoms with van der Waals surface area (Å²) in [5.41, 5.74) is 0.699. The Bertz CT molecular complexity index is 722. The molecule has 0 aliphatic carbocycles. The number of rotatable bonds is 6. The summed E-state index contributed by atoms with van der Waals surface area (Å²) in [6.45, 7) is 2.28. The number of terminal acetylenes is 1. The zero-order valence-corrected chi connectivity index (χ0v) is 13.6. The van der Waals surface area contributed by atoms with Gasteiger partial charge in [0.15, 0.2) is 11.2 Å². The zero-order valence-electron chi connectivity index (χ0n) is 11.9. The van der Waals surface area contributed by atoms with E-state index in [1.807, 2.05) is 24.4 Å². The molecule has 1 unspecified atom stereocenters. The van der Waals surface area contributed by atoms with Crippen LogP contribution in [-0.2, 0) is 6.42 Å². The summed E-state index contributed by atoms with van der Waals surface area (Å²) < 4.78 is 0. The fraction of sp³-hybridized carbons (Fsp3) is 0.267. The second-order valence-electron chi connectivity index (χ2n) is 4.26. The third-order valence-electron chi connectivity index (χ3n) is 2.81. The molecule has 2 N–H and O–H groups in total. The number of thiophene rings is 1. The van der Waals surface area contributed by atoms with Crippen LogP contribution < -0.4 is 10.6 Å². The molecule has 0 radical (unpaired) electrons. The lowest BCUT2D eigenvalue weighted by Gasteiger charge is -2.09. The van der Waals surface area contributed by atoms with Crippen LogP contribution in [0.2, 0.25) is 0 Å². The van der Waals surface area contributed by atoms with Gasteiger partial charge in [-0.3, -0.25) is 4.79 Å². The van der Waals surface area contributed by atoms with Crippen molar-refractivity contribution in [3.63, 3.8) is 0 Å². The number of thiazole rings is 1. The van der Waals surface area contributed by atoms with Crippen molar-refractivity contribution in [3.05, 3.63) is 33.0 Å². The number of amides is 1.